The average molecular weight is 225 g/mol. The zero-order valence-corrected chi connectivity index (χ0v) is 9.07. The molecule has 0 unspecified atom stereocenters. The Morgan fingerprint density at radius 2 is 0.722 bits per heavy atom. The van der Waals surface area contributed by atoms with E-state index in [0.29, 0.717) is 0 Å². The molecular formula is C15H3N3. The van der Waals surface area contributed by atoms with Gasteiger partial charge in [-0.15, -0.1) is 19.3 Å². The van der Waals surface area contributed by atoms with E-state index in [-0.39, 0.29) is 33.4 Å². The van der Waals surface area contributed by atoms with Crippen molar-refractivity contribution in [3.8, 4) is 55.2 Å². The van der Waals surface area contributed by atoms with Crippen molar-refractivity contribution in [2.75, 3.05) is 0 Å². The predicted octanol–water partition coefficient (Wildman–Crippen LogP) is 1.25. The fourth-order valence-corrected chi connectivity index (χ4v) is 1.52. The van der Waals surface area contributed by atoms with Crippen molar-refractivity contribution < 1.29 is 0 Å². The van der Waals surface area contributed by atoms with E-state index in [1.54, 1.807) is 0 Å². The molecule has 0 radical (unpaired) electrons. The van der Waals surface area contributed by atoms with Gasteiger partial charge in [0.25, 0.3) is 0 Å². The summed E-state index contributed by atoms with van der Waals surface area (Å²) in [5, 5.41) is 27.2. The fourth-order valence-electron chi connectivity index (χ4n) is 1.52. The van der Waals surface area contributed by atoms with Crippen LogP contribution in [0.15, 0.2) is 0 Å². The molecule has 0 saturated heterocycles. The minimum atomic E-state index is -0.0490. The number of benzene rings is 1. The van der Waals surface area contributed by atoms with Crippen molar-refractivity contribution >= 4 is 0 Å². The van der Waals surface area contributed by atoms with Crippen LogP contribution >= 0.6 is 0 Å². The van der Waals surface area contributed by atoms with Crippen molar-refractivity contribution in [2.45, 2.75) is 0 Å². The Bertz CT molecular complexity index is 588. The minimum Gasteiger partial charge on any atom is -0.192 e. The summed E-state index contributed by atoms with van der Waals surface area (Å²) < 4.78 is 0. The highest BCUT2D eigenvalue weighted by Crippen LogP contribution is 2.26. The highest BCUT2D eigenvalue weighted by molar-refractivity contribution is 5.74. The van der Waals surface area contributed by atoms with Gasteiger partial charge < -0.3 is 0 Å². The van der Waals surface area contributed by atoms with E-state index in [0.717, 1.165) is 0 Å². The van der Waals surface area contributed by atoms with E-state index in [2.05, 4.69) is 17.8 Å². The van der Waals surface area contributed by atoms with Gasteiger partial charge in [0.2, 0.25) is 0 Å². The summed E-state index contributed by atoms with van der Waals surface area (Å²) in [6.45, 7) is 0. The van der Waals surface area contributed by atoms with Gasteiger partial charge in [0, 0.05) is 0 Å². The Kier molecular flexibility index (Phi) is 3.41. The van der Waals surface area contributed by atoms with Gasteiger partial charge in [0.1, 0.15) is 18.2 Å². The van der Waals surface area contributed by atoms with Gasteiger partial charge >= 0.3 is 0 Å². The van der Waals surface area contributed by atoms with Crippen LogP contribution in [-0.4, -0.2) is 0 Å². The molecule has 1 rings (SSSR count). The topological polar surface area (TPSA) is 71.4 Å². The molecule has 0 amide bonds. The summed E-state index contributed by atoms with van der Waals surface area (Å²) in [6.07, 6.45) is 15.8. The summed E-state index contributed by atoms with van der Waals surface area (Å²) in [5.41, 5.74) is -0.0639. The van der Waals surface area contributed by atoms with Crippen molar-refractivity contribution in [2.24, 2.45) is 0 Å². The average Bonchev–Trinajstić information content (AvgIpc) is 2.43. The minimum absolute atomic E-state index is 0.0277. The highest BCUT2D eigenvalue weighted by atomic mass is 14.3. The molecule has 0 saturated carbocycles. The molecule has 1 aromatic rings. The van der Waals surface area contributed by atoms with E-state index in [9.17, 15) is 0 Å². The van der Waals surface area contributed by atoms with Gasteiger partial charge in [-0.05, 0) is 0 Å². The second-order valence-electron chi connectivity index (χ2n) is 3.02. The van der Waals surface area contributed by atoms with E-state index in [4.69, 9.17) is 35.1 Å². The first-order valence-corrected chi connectivity index (χ1v) is 4.54. The maximum absolute atomic E-state index is 9.05. The van der Waals surface area contributed by atoms with Gasteiger partial charge in [0.15, 0.2) is 0 Å². The Labute approximate surface area is 105 Å². The van der Waals surface area contributed by atoms with E-state index >= 15 is 0 Å². The van der Waals surface area contributed by atoms with E-state index < -0.39 is 0 Å². The lowest BCUT2D eigenvalue weighted by atomic mass is 9.88. The van der Waals surface area contributed by atoms with Crippen molar-refractivity contribution in [1.29, 1.82) is 15.8 Å². The Hall–Kier alpha value is -3.63. The monoisotopic (exact) mass is 225 g/mol. The van der Waals surface area contributed by atoms with Crippen molar-refractivity contribution in [1.82, 2.24) is 0 Å². The molecule has 3 heteroatoms. The maximum atomic E-state index is 9.05. The molecule has 0 aliphatic heterocycles. The fraction of sp³-hybridized carbons (Fsp3) is 0. The Balaban J connectivity index is 4.21. The molecular weight excluding hydrogens is 222 g/mol. The normalized spacial score (nSPS) is 7.67. The Morgan fingerprint density at radius 1 is 0.500 bits per heavy atom. The van der Waals surface area contributed by atoms with Gasteiger partial charge in [0.05, 0.1) is 33.4 Å². The van der Waals surface area contributed by atoms with Crippen LogP contribution in [-0.2, 0) is 0 Å². The first kappa shape index (κ1) is 12.4. The van der Waals surface area contributed by atoms with Gasteiger partial charge in [-0.25, -0.2) is 0 Å². The van der Waals surface area contributed by atoms with Crippen LogP contribution in [0.1, 0.15) is 33.4 Å². The third-order valence-electron chi connectivity index (χ3n) is 2.27. The third kappa shape index (κ3) is 1.53. The molecule has 78 valence electrons. The summed E-state index contributed by atoms with van der Waals surface area (Å²) >= 11 is 0. The van der Waals surface area contributed by atoms with E-state index in [1.807, 2.05) is 18.2 Å². The molecule has 0 fully saturated rings. The van der Waals surface area contributed by atoms with Crippen LogP contribution < -0.4 is 0 Å². The van der Waals surface area contributed by atoms with Gasteiger partial charge in [-0.1, -0.05) is 17.8 Å². The number of nitrogens with zero attached hydrogens (tertiary/aromatic N) is 3. The number of hydrogen-bond donors (Lipinski definition) is 0. The van der Waals surface area contributed by atoms with Crippen LogP contribution in [0, 0.1) is 71.0 Å². The number of hydrogen-bond acceptors (Lipinski definition) is 3. The molecule has 18 heavy (non-hydrogen) atoms. The standard InChI is InChI=1S/C15H3N3/c1-4-10-13(7-16)11(5-2)15(9-18)12(6-3)14(10)8-17/h1-3H. The molecule has 0 atom stereocenters. The molecule has 0 spiro atoms. The quantitative estimate of drug-likeness (QED) is 0.624. The van der Waals surface area contributed by atoms with Crippen molar-refractivity contribution in [3.05, 3.63) is 33.4 Å². The second kappa shape index (κ2) is 4.93. The van der Waals surface area contributed by atoms with E-state index in [1.165, 1.54) is 0 Å². The second-order valence-corrected chi connectivity index (χ2v) is 3.02. The zero-order valence-electron chi connectivity index (χ0n) is 9.07. The van der Waals surface area contributed by atoms with Crippen LogP contribution in [0.3, 0.4) is 0 Å². The largest absolute Gasteiger partial charge is 0.192 e. The summed E-state index contributed by atoms with van der Waals surface area (Å²) in [7, 11) is 0. The van der Waals surface area contributed by atoms with Crippen LogP contribution in [0.5, 0.6) is 0 Å². The summed E-state index contributed by atoms with van der Waals surface area (Å²) in [4.78, 5) is 0. The first-order chi connectivity index (χ1) is 8.69. The molecule has 0 bridgehead atoms. The molecule has 0 N–H and O–H groups in total. The van der Waals surface area contributed by atoms with Crippen molar-refractivity contribution in [3.63, 3.8) is 0 Å². The molecule has 0 aliphatic carbocycles. The van der Waals surface area contributed by atoms with Crippen LogP contribution in [0.25, 0.3) is 0 Å². The van der Waals surface area contributed by atoms with Crippen LogP contribution in [0.2, 0.25) is 0 Å². The van der Waals surface area contributed by atoms with Gasteiger partial charge in [-0.3, -0.25) is 0 Å². The highest BCUT2D eigenvalue weighted by Gasteiger charge is 2.21. The lowest BCUT2D eigenvalue weighted by Crippen LogP contribution is -2.03. The molecule has 0 heterocycles. The molecule has 3 nitrogen and oxygen atoms in total. The lowest BCUT2D eigenvalue weighted by Gasteiger charge is -2.08. The maximum Gasteiger partial charge on any atom is 0.102 e. The molecule has 0 aliphatic rings. The third-order valence-corrected chi connectivity index (χ3v) is 2.27. The predicted molar refractivity (Wildman–Crippen MR) is 64.4 cm³/mol. The number of nitriles is 3. The number of rotatable bonds is 0. The summed E-state index contributed by atoms with van der Waals surface area (Å²) in [6, 6.07) is 5.43. The summed E-state index contributed by atoms with van der Waals surface area (Å²) in [5.74, 6) is 6.66. The zero-order chi connectivity index (χ0) is 13.7. The first-order valence-electron chi connectivity index (χ1n) is 4.54. The molecule has 1 aromatic carbocycles. The van der Waals surface area contributed by atoms with Gasteiger partial charge in [-0.2, -0.15) is 15.8 Å². The smallest absolute Gasteiger partial charge is 0.102 e. The molecule has 0 aromatic heterocycles. The number of terminal acetylenes is 3. The lowest BCUT2D eigenvalue weighted by molar-refractivity contribution is 1.36. The SMILES string of the molecule is C#Cc1c(C#N)c(C#C)c(C#N)c(C#C)c1C#N. The van der Waals surface area contributed by atoms with Crippen LogP contribution in [0.4, 0.5) is 0 Å². The Morgan fingerprint density at radius 3 is 0.833 bits per heavy atom.